The number of aliphatic hydroxyl groups is 1. The van der Waals surface area contributed by atoms with Crippen LogP contribution in [0.4, 0.5) is 0 Å². The monoisotopic (exact) mass is 228 g/mol. The molecule has 2 rings (SSSR count). The van der Waals surface area contributed by atoms with Crippen LogP contribution in [0.2, 0.25) is 0 Å². The van der Waals surface area contributed by atoms with Gasteiger partial charge in [0.2, 0.25) is 0 Å². The van der Waals surface area contributed by atoms with Crippen LogP contribution in [0.3, 0.4) is 0 Å². The molecule has 0 saturated heterocycles. The van der Waals surface area contributed by atoms with E-state index in [9.17, 15) is 5.11 Å². The standard InChI is InChI=1S/C16H20O/c1-2-11-16(17)12-7-6-10-15(16)13-14-8-4-3-5-9-14/h2-5,8-9,13,17H,1,6-7,10-12H2/b15-13-/t16-/m0/s1. The molecule has 0 unspecified atom stereocenters. The van der Waals surface area contributed by atoms with Gasteiger partial charge in [-0.3, -0.25) is 0 Å². The third-order valence-corrected chi connectivity index (χ3v) is 3.51. The first kappa shape index (κ1) is 12.1. The van der Waals surface area contributed by atoms with Gasteiger partial charge in [0.1, 0.15) is 0 Å². The van der Waals surface area contributed by atoms with E-state index in [4.69, 9.17) is 0 Å². The molecule has 1 fully saturated rings. The highest BCUT2D eigenvalue weighted by Gasteiger charge is 2.32. The summed E-state index contributed by atoms with van der Waals surface area (Å²) < 4.78 is 0. The molecule has 0 heterocycles. The van der Waals surface area contributed by atoms with Crippen molar-refractivity contribution >= 4 is 6.08 Å². The Hall–Kier alpha value is -1.34. The van der Waals surface area contributed by atoms with Crippen LogP contribution in [0.25, 0.3) is 6.08 Å². The zero-order valence-electron chi connectivity index (χ0n) is 10.2. The van der Waals surface area contributed by atoms with E-state index in [1.807, 2.05) is 24.3 Å². The summed E-state index contributed by atoms with van der Waals surface area (Å²) in [6, 6.07) is 10.2. The van der Waals surface area contributed by atoms with Gasteiger partial charge in [-0.2, -0.15) is 0 Å². The van der Waals surface area contributed by atoms with Crippen LogP contribution in [0.1, 0.15) is 37.7 Å². The second kappa shape index (κ2) is 5.33. The van der Waals surface area contributed by atoms with Gasteiger partial charge in [-0.25, -0.2) is 0 Å². The van der Waals surface area contributed by atoms with Gasteiger partial charge in [-0.05, 0) is 43.2 Å². The lowest BCUT2D eigenvalue weighted by Gasteiger charge is -2.34. The van der Waals surface area contributed by atoms with Crippen LogP contribution in [-0.2, 0) is 0 Å². The molecular weight excluding hydrogens is 208 g/mol. The molecule has 1 aromatic carbocycles. The molecule has 1 atom stereocenters. The smallest absolute Gasteiger partial charge is 0.0894 e. The summed E-state index contributed by atoms with van der Waals surface area (Å²) in [6.07, 6.45) is 8.77. The first-order valence-corrected chi connectivity index (χ1v) is 6.34. The first-order chi connectivity index (χ1) is 8.24. The molecule has 0 aromatic heterocycles. The number of hydrogen-bond acceptors (Lipinski definition) is 1. The highest BCUT2D eigenvalue weighted by Crippen LogP contribution is 2.37. The molecule has 1 saturated carbocycles. The van der Waals surface area contributed by atoms with Crippen LogP contribution in [-0.4, -0.2) is 10.7 Å². The fourth-order valence-electron chi connectivity index (χ4n) is 2.56. The molecule has 0 spiro atoms. The van der Waals surface area contributed by atoms with Crippen molar-refractivity contribution in [3.05, 3.63) is 54.1 Å². The van der Waals surface area contributed by atoms with Gasteiger partial charge in [0.15, 0.2) is 0 Å². The summed E-state index contributed by atoms with van der Waals surface area (Å²) in [7, 11) is 0. The fraction of sp³-hybridized carbons (Fsp3) is 0.375. The summed E-state index contributed by atoms with van der Waals surface area (Å²) in [5.41, 5.74) is 1.68. The molecule has 1 heteroatoms. The van der Waals surface area contributed by atoms with Crippen LogP contribution < -0.4 is 0 Å². The van der Waals surface area contributed by atoms with E-state index in [-0.39, 0.29) is 0 Å². The minimum Gasteiger partial charge on any atom is -0.385 e. The average Bonchev–Trinajstić information content (AvgIpc) is 2.34. The average molecular weight is 228 g/mol. The fourth-order valence-corrected chi connectivity index (χ4v) is 2.56. The van der Waals surface area contributed by atoms with Gasteiger partial charge in [0.25, 0.3) is 0 Å². The quantitative estimate of drug-likeness (QED) is 0.777. The Balaban J connectivity index is 2.28. The van der Waals surface area contributed by atoms with E-state index in [1.165, 1.54) is 12.0 Å². The second-order valence-electron chi connectivity index (χ2n) is 4.81. The van der Waals surface area contributed by atoms with E-state index in [0.29, 0.717) is 6.42 Å². The number of hydrogen-bond donors (Lipinski definition) is 1. The Kier molecular flexibility index (Phi) is 3.80. The molecule has 0 amide bonds. The minimum absolute atomic E-state index is 0.657. The van der Waals surface area contributed by atoms with Gasteiger partial charge < -0.3 is 5.11 Å². The topological polar surface area (TPSA) is 20.2 Å². The summed E-state index contributed by atoms with van der Waals surface area (Å²) in [5, 5.41) is 10.7. The third kappa shape index (κ3) is 2.86. The Bertz CT molecular complexity index is 405. The van der Waals surface area contributed by atoms with Crippen molar-refractivity contribution in [2.24, 2.45) is 0 Å². The van der Waals surface area contributed by atoms with E-state index < -0.39 is 5.60 Å². The van der Waals surface area contributed by atoms with Crippen molar-refractivity contribution in [1.29, 1.82) is 0 Å². The van der Waals surface area contributed by atoms with E-state index in [2.05, 4.69) is 24.8 Å². The molecule has 1 aromatic rings. The largest absolute Gasteiger partial charge is 0.385 e. The predicted octanol–water partition coefficient (Wildman–Crippen LogP) is 3.95. The molecule has 1 aliphatic carbocycles. The molecule has 1 nitrogen and oxygen atoms in total. The highest BCUT2D eigenvalue weighted by molar-refractivity contribution is 5.55. The summed E-state index contributed by atoms with van der Waals surface area (Å²) >= 11 is 0. The first-order valence-electron chi connectivity index (χ1n) is 6.34. The van der Waals surface area contributed by atoms with Crippen molar-refractivity contribution in [1.82, 2.24) is 0 Å². The molecule has 1 N–H and O–H groups in total. The second-order valence-corrected chi connectivity index (χ2v) is 4.81. The molecular formula is C16H20O. The lowest BCUT2D eigenvalue weighted by Crippen LogP contribution is -2.33. The zero-order chi connectivity index (χ0) is 12.1. The zero-order valence-corrected chi connectivity index (χ0v) is 10.2. The van der Waals surface area contributed by atoms with E-state index in [0.717, 1.165) is 24.8 Å². The normalized spacial score (nSPS) is 27.0. The summed E-state index contributed by atoms with van der Waals surface area (Å²) in [6.45, 7) is 3.75. The van der Waals surface area contributed by atoms with Gasteiger partial charge in [0, 0.05) is 0 Å². The van der Waals surface area contributed by atoms with Crippen molar-refractivity contribution in [3.8, 4) is 0 Å². The SMILES string of the molecule is C=CC[C@]1(O)CCCC/C1=C/c1ccccc1. The minimum atomic E-state index is -0.657. The van der Waals surface area contributed by atoms with E-state index >= 15 is 0 Å². The summed E-state index contributed by atoms with van der Waals surface area (Å²) in [4.78, 5) is 0. The molecule has 90 valence electrons. The van der Waals surface area contributed by atoms with Crippen molar-refractivity contribution in [2.45, 2.75) is 37.7 Å². The maximum absolute atomic E-state index is 10.7. The van der Waals surface area contributed by atoms with E-state index in [1.54, 1.807) is 0 Å². The lowest BCUT2D eigenvalue weighted by atomic mass is 9.77. The van der Waals surface area contributed by atoms with Crippen molar-refractivity contribution in [2.75, 3.05) is 0 Å². The van der Waals surface area contributed by atoms with Crippen molar-refractivity contribution in [3.63, 3.8) is 0 Å². The van der Waals surface area contributed by atoms with Crippen molar-refractivity contribution < 1.29 is 5.11 Å². The van der Waals surface area contributed by atoms with Crippen LogP contribution >= 0.6 is 0 Å². The third-order valence-electron chi connectivity index (χ3n) is 3.51. The maximum atomic E-state index is 10.7. The maximum Gasteiger partial charge on any atom is 0.0894 e. The summed E-state index contributed by atoms with van der Waals surface area (Å²) in [5.74, 6) is 0. The van der Waals surface area contributed by atoms with Crippen LogP contribution in [0.5, 0.6) is 0 Å². The lowest BCUT2D eigenvalue weighted by molar-refractivity contribution is 0.0559. The Morgan fingerprint density at radius 2 is 2.00 bits per heavy atom. The Morgan fingerprint density at radius 3 is 2.71 bits per heavy atom. The predicted molar refractivity (Wildman–Crippen MR) is 72.7 cm³/mol. The van der Waals surface area contributed by atoms with Gasteiger partial charge >= 0.3 is 0 Å². The molecule has 0 bridgehead atoms. The molecule has 17 heavy (non-hydrogen) atoms. The number of rotatable bonds is 3. The van der Waals surface area contributed by atoms with Crippen LogP contribution in [0.15, 0.2) is 48.6 Å². The molecule has 0 radical (unpaired) electrons. The van der Waals surface area contributed by atoms with Gasteiger partial charge in [0.05, 0.1) is 5.60 Å². The van der Waals surface area contributed by atoms with Gasteiger partial charge in [-0.15, -0.1) is 6.58 Å². The molecule has 0 aliphatic heterocycles. The van der Waals surface area contributed by atoms with Gasteiger partial charge in [-0.1, -0.05) is 42.5 Å². The molecule has 1 aliphatic rings. The highest BCUT2D eigenvalue weighted by atomic mass is 16.3. The number of benzene rings is 1. The Labute approximate surface area is 103 Å². The van der Waals surface area contributed by atoms with Crippen LogP contribution in [0, 0.1) is 0 Å². The Morgan fingerprint density at radius 1 is 1.24 bits per heavy atom.